The van der Waals surface area contributed by atoms with Crippen LogP contribution in [0.15, 0.2) is 30.9 Å². The number of fused-ring (bicyclic) bond motifs is 1. The van der Waals surface area contributed by atoms with Gasteiger partial charge in [-0.2, -0.15) is 0 Å². The first kappa shape index (κ1) is 22.6. The Hall–Kier alpha value is -2.05. The highest BCUT2D eigenvalue weighted by molar-refractivity contribution is 5.76. The van der Waals surface area contributed by atoms with E-state index in [-0.39, 0.29) is 11.9 Å². The molecule has 1 amide bonds. The summed E-state index contributed by atoms with van der Waals surface area (Å²) in [6.45, 7) is 7.47. The second kappa shape index (κ2) is 12.0. The van der Waals surface area contributed by atoms with Crippen LogP contribution in [0.3, 0.4) is 0 Å². The lowest BCUT2D eigenvalue weighted by molar-refractivity contribution is -0.123. The van der Waals surface area contributed by atoms with Crippen molar-refractivity contribution in [3.63, 3.8) is 0 Å². The lowest BCUT2D eigenvalue weighted by atomic mass is 10.0. The van der Waals surface area contributed by atoms with Gasteiger partial charge < -0.3 is 24.8 Å². The minimum absolute atomic E-state index is 0.0134. The van der Waals surface area contributed by atoms with Crippen LogP contribution in [-0.2, 0) is 4.79 Å². The second-order valence-electron chi connectivity index (χ2n) is 8.27. The molecule has 2 aliphatic heterocycles. The van der Waals surface area contributed by atoms with Crippen molar-refractivity contribution < 1.29 is 19.4 Å². The van der Waals surface area contributed by atoms with E-state index in [0.29, 0.717) is 37.7 Å². The molecule has 2 atom stereocenters. The minimum atomic E-state index is -0.794. The zero-order valence-electron chi connectivity index (χ0n) is 18.0. The van der Waals surface area contributed by atoms with E-state index in [1.54, 1.807) is 0 Å². The molecule has 2 heterocycles. The van der Waals surface area contributed by atoms with Gasteiger partial charge in [0.15, 0.2) is 11.5 Å². The zero-order valence-corrected chi connectivity index (χ0v) is 18.0. The monoisotopic (exact) mass is 416 g/mol. The molecule has 2 N–H and O–H groups in total. The first-order chi connectivity index (χ1) is 14.7. The molecule has 166 valence electrons. The number of rotatable bonds is 12. The largest absolute Gasteiger partial charge is 0.486 e. The highest BCUT2D eigenvalue weighted by atomic mass is 16.6. The Morgan fingerprint density at radius 1 is 1.13 bits per heavy atom. The first-order valence-corrected chi connectivity index (χ1v) is 11.4. The van der Waals surface area contributed by atoms with Gasteiger partial charge in [-0.3, -0.25) is 4.79 Å². The predicted molar refractivity (Wildman–Crippen MR) is 118 cm³/mol. The van der Waals surface area contributed by atoms with Crippen LogP contribution in [0.1, 0.15) is 63.0 Å². The lowest BCUT2D eigenvalue weighted by Crippen LogP contribution is -2.46. The molecular weight excluding hydrogens is 380 g/mol. The molecule has 3 rings (SSSR count). The molecule has 0 radical (unpaired) electrons. The molecule has 1 fully saturated rings. The number of nitrogens with zero attached hydrogens (tertiary/aromatic N) is 1. The van der Waals surface area contributed by atoms with Crippen LogP contribution in [0, 0.1) is 0 Å². The number of hydrogen-bond donors (Lipinski definition) is 2. The summed E-state index contributed by atoms with van der Waals surface area (Å²) >= 11 is 0. The summed E-state index contributed by atoms with van der Waals surface area (Å²) in [6, 6.07) is 5.19. The van der Waals surface area contributed by atoms with Gasteiger partial charge in [0.1, 0.15) is 19.3 Å². The van der Waals surface area contributed by atoms with Crippen molar-refractivity contribution in [1.29, 1.82) is 0 Å². The number of allylic oxidation sites excluding steroid dienone is 1. The van der Waals surface area contributed by atoms with Gasteiger partial charge >= 0.3 is 0 Å². The molecule has 0 bridgehead atoms. The topological polar surface area (TPSA) is 71.0 Å². The van der Waals surface area contributed by atoms with Crippen LogP contribution in [0.4, 0.5) is 0 Å². The van der Waals surface area contributed by atoms with Crippen LogP contribution in [0.25, 0.3) is 0 Å². The Balaban J connectivity index is 1.58. The molecule has 1 aromatic carbocycles. The third-order valence-corrected chi connectivity index (χ3v) is 5.85. The molecule has 6 heteroatoms. The minimum Gasteiger partial charge on any atom is -0.486 e. The van der Waals surface area contributed by atoms with Crippen molar-refractivity contribution in [3.05, 3.63) is 36.4 Å². The Morgan fingerprint density at radius 3 is 2.63 bits per heavy atom. The summed E-state index contributed by atoms with van der Waals surface area (Å²) < 4.78 is 11.2. The maximum atomic E-state index is 12.6. The van der Waals surface area contributed by atoms with Gasteiger partial charge in [-0.15, -0.1) is 6.58 Å². The number of benzene rings is 1. The third-order valence-electron chi connectivity index (χ3n) is 5.85. The average Bonchev–Trinajstić information content (AvgIpc) is 3.28. The number of likely N-dealkylation sites (tertiary alicyclic amines) is 1. The third kappa shape index (κ3) is 6.74. The SMILES string of the molecule is C=CCCCCCCC(=O)NC(CN1CCCC1)C(O)c1ccc2c(c1)OCCO2. The van der Waals surface area contributed by atoms with Crippen molar-refractivity contribution in [2.75, 3.05) is 32.8 Å². The number of aliphatic hydroxyl groups excluding tert-OH is 1. The summed E-state index contributed by atoms with van der Waals surface area (Å²) in [5.41, 5.74) is 0.744. The van der Waals surface area contributed by atoms with Crippen LogP contribution >= 0.6 is 0 Å². The number of carbonyl (C=O) groups is 1. The number of nitrogens with one attached hydrogen (secondary N) is 1. The molecule has 2 aliphatic rings. The number of hydrogen-bond acceptors (Lipinski definition) is 5. The second-order valence-corrected chi connectivity index (χ2v) is 8.27. The fourth-order valence-electron chi connectivity index (χ4n) is 4.15. The molecule has 0 spiro atoms. The lowest BCUT2D eigenvalue weighted by Gasteiger charge is -2.29. The van der Waals surface area contributed by atoms with Crippen molar-refractivity contribution in [2.24, 2.45) is 0 Å². The highest BCUT2D eigenvalue weighted by Gasteiger charge is 2.27. The zero-order chi connectivity index (χ0) is 21.2. The van der Waals surface area contributed by atoms with Crippen molar-refractivity contribution in [3.8, 4) is 11.5 Å². The van der Waals surface area contributed by atoms with Gasteiger partial charge in [0, 0.05) is 13.0 Å². The average molecular weight is 417 g/mol. The van der Waals surface area contributed by atoms with E-state index < -0.39 is 6.10 Å². The summed E-state index contributed by atoms with van der Waals surface area (Å²) in [5, 5.41) is 14.2. The Labute approximate surface area is 180 Å². The number of amides is 1. The normalized spacial score (nSPS) is 18.0. The molecule has 30 heavy (non-hydrogen) atoms. The molecular formula is C24H36N2O4. The van der Waals surface area contributed by atoms with Crippen molar-refractivity contribution >= 4 is 5.91 Å². The molecule has 1 aromatic rings. The fraction of sp³-hybridized carbons (Fsp3) is 0.625. The summed E-state index contributed by atoms with van der Waals surface area (Å²) in [4.78, 5) is 14.9. The standard InChI is InChI=1S/C24H36N2O4/c1-2-3-4-5-6-7-10-23(27)25-20(18-26-13-8-9-14-26)24(28)19-11-12-21-22(17-19)30-16-15-29-21/h2,11-12,17,20,24,28H,1,3-10,13-16,18H2,(H,25,27). The molecule has 0 aliphatic carbocycles. The molecule has 2 unspecified atom stereocenters. The number of carbonyl (C=O) groups excluding carboxylic acids is 1. The van der Waals surface area contributed by atoms with Gasteiger partial charge in [0.25, 0.3) is 0 Å². The van der Waals surface area contributed by atoms with Gasteiger partial charge in [-0.05, 0) is 62.9 Å². The quantitative estimate of drug-likeness (QED) is 0.402. The highest BCUT2D eigenvalue weighted by Crippen LogP contribution is 2.33. The van der Waals surface area contributed by atoms with Crippen LogP contribution in [-0.4, -0.2) is 54.8 Å². The maximum absolute atomic E-state index is 12.6. The van der Waals surface area contributed by atoms with Crippen LogP contribution in [0.2, 0.25) is 0 Å². The van der Waals surface area contributed by atoms with Gasteiger partial charge in [-0.1, -0.05) is 25.0 Å². The summed E-state index contributed by atoms with van der Waals surface area (Å²) in [5.74, 6) is 1.37. The van der Waals surface area contributed by atoms with E-state index in [1.807, 2.05) is 24.3 Å². The number of aliphatic hydroxyl groups is 1. The molecule has 1 saturated heterocycles. The van der Waals surface area contributed by atoms with E-state index in [4.69, 9.17) is 9.47 Å². The van der Waals surface area contributed by atoms with Crippen molar-refractivity contribution in [2.45, 2.75) is 63.5 Å². The maximum Gasteiger partial charge on any atom is 0.220 e. The van der Waals surface area contributed by atoms with E-state index in [2.05, 4.69) is 16.8 Å². The number of unbranched alkanes of at least 4 members (excludes halogenated alkanes) is 4. The van der Waals surface area contributed by atoms with E-state index in [9.17, 15) is 9.90 Å². The molecule has 0 aromatic heterocycles. The molecule has 6 nitrogen and oxygen atoms in total. The van der Waals surface area contributed by atoms with Gasteiger partial charge in [0.2, 0.25) is 5.91 Å². The van der Waals surface area contributed by atoms with Gasteiger partial charge in [0.05, 0.1) is 6.04 Å². The number of ether oxygens (including phenoxy) is 2. The summed E-state index contributed by atoms with van der Waals surface area (Å²) in [7, 11) is 0. The summed E-state index contributed by atoms with van der Waals surface area (Å²) in [6.07, 6.45) is 9.19. The Bertz CT molecular complexity index is 688. The molecule has 0 saturated carbocycles. The van der Waals surface area contributed by atoms with Gasteiger partial charge in [-0.25, -0.2) is 0 Å². The van der Waals surface area contributed by atoms with E-state index in [1.165, 1.54) is 12.8 Å². The predicted octanol–water partition coefficient (Wildman–Crippen LogP) is 3.60. The Kier molecular flexibility index (Phi) is 9.02. The van der Waals surface area contributed by atoms with E-state index >= 15 is 0 Å². The Morgan fingerprint density at radius 2 is 1.87 bits per heavy atom. The van der Waals surface area contributed by atoms with Crippen LogP contribution in [0.5, 0.6) is 11.5 Å². The van der Waals surface area contributed by atoms with Crippen LogP contribution < -0.4 is 14.8 Å². The van der Waals surface area contributed by atoms with E-state index in [0.717, 1.165) is 50.8 Å². The van der Waals surface area contributed by atoms with Crippen molar-refractivity contribution in [1.82, 2.24) is 10.2 Å². The fourth-order valence-corrected chi connectivity index (χ4v) is 4.15. The first-order valence-electron chi connectivity index (χ1n) is 11.4. The smallest absolute Gasteiger partial charge is 0.220 e.